The average molecular weight is 283 g/mol. The van der Waals surface area contributed by atoms with E-state index in [1.165, 1.54) is 0 Å². The number of hydroxylamine groups is 4. The van der Waals surface area contributed by atoms with Gasteiger partial charge in [0.2, 0.25) is 0 Å². The van der Waals surface area contributed by atoms with Crippen LogP contribution in [-0.2, 0) is 19.2 Å². The summed E-state index contributed by atoms with van der Waals surface area (Å²) in [5.74, 6) is -2.42. The molecule has 2 amide bonds. The van der Waals surface area contributed by atoms with Crippen molar-refractivity contribution in [3.63, 3.8) is 0 Å². The van der Waals surface area contributed by atoms with E-state index in [2.05, 4.69) is 0 Å². The molecule has 2 heterocycles. The highest BCUT2D eigenvalue weighted by Gasteiger charge is 2.51. The molecule has 2 saturated heterocycles. The fourth-order valence-corrected chi connectivity index (χ4v) is 2.94. The third-order valence-corrected chi connectivity index (χ3v) is 4.10. The number of carbonyl (C=O) groups excluding carboxylic acids is 3. The predicted molar refractivity (Wildman–Crippen MR) is 68.7 cm³/mol. The van der Waals surface area contributed by atoms with Gasteiger partial charge >= 0.3 is 5.97 Å². The van der Waals surface area contributed by atoms with Gasteiger partial charge in [0.25, 0.3) is 11.8 Å². The second kappa shape index (κ2) is 4.53. The van der Waals surface area contributed by atoms with Gasteiger partial charge in [-0.25, -0.2) is 4.79 Å². The number of hydrogen-bond donors (Lipinski definition) is 0. The van der Waals surface area contributed by atoms with Crippen LogP contribution in [0.5, 0.6) is 0 Å². The third kappa shape index (κ3) is 2.20. The third-order valence-electron chi connectivity index (χ3n) is 4.10. The van der Waals surface area contributed by atoms with Crippen LogP contribution in [0, 0.1) is 11.1 Å². The number of carbonyl (C=O) groups is 3. The van der Waals surface area contributed by atoms with Crippen LogP contribution in [0.3, 0.4) is 0 Å². The summed E-state index contributed by atoms with van der Waals surface area (Å²) in [7, 11) is 0. The number of nitrogens with zero attached hydrogens (tertiary/aromatic N) is 2. The van der Waals surface area contributed by atoms with Gasteiger partial charge in [-0.1, -0.05) is 0 Å². The molecule has 0 saturated carbocycles. The van der Waals surface area contributed by atoms with Gasteiger partial charge in [0.15, 0.2) is 0 Å². The Kier molecular flexibility index (Phi) is 3.38. The van der Waals surface area contributed by atoms with Crippen LogP contribution in [0.15, 0.2) is 0 Å². The van der Waals surface area contributed by atoms with Gasteiger partial charge in [-0.3, -0.25) is 9.59 Å². The topological polar surface area (TPSA) is 90.0 Å². The van der Waals surface area contributed by atoms with Crippen molar-refractivity contribution in [3.8, 4) is 0 Å². The summed E-state index contributed by atoms with van der Waals surface area (Å²) >= 11 is 0. The lowest BCUT2D eigenvalue weighted by molar-refractivity contribution is -0.202. The first-order chi connectivity index (χ1) is 9.07. The van der Waals surface area contributed by atoms with Crippen molar-refractivity contribution in [3.05, 3.63) is 5.21 Å². The molecule has 2 aliphatic heterocycles. The second-order valence-electron chi connectivity index (χ2n) is 6.51. The van der Waals surface area contributed by atoms with Crippen LogP contribution in [-0.4, -0.2) is 39.0 Å². The maximum absolute atomic E-state index is 12.2. The number of amides is 2. The van der Waals surface area contributed by atoms with Crippen molar-refractivity contribution in [1.29, 1.82) is 0 Å². The van der Waals surface area contributed by atoms with Gasteiger partial charge in [-0.15, -0.1) is 5.06 Å². The van der Waals surface area contributed by atoms with Crippen LogP contribution in [0.25, 0.3) is 0 Å². The van der Waals surface area contributed by atoms with Crippen LogP contribution in [0.1, 0.15) is 47.0 Å². The number of hydrogen-bond acceptors (Lipinski definition) is 6. The molecular weight excluding hydrogens is 264 g/mol. The van der Waals surface area contributed by atoms with E-state index in [0.717, 1.165) is 5.06 Å². The molecule has 0 radical (unpaired) electrons. The molecule has 0 aromatic rings. The van der Waals surface area contributed by atoms with E-state index in [-0.39, 0.29) is 12.8 Å². The molecule has 1 unspecified atom stereocenters. The van der Waals surface area contributed by atoms with E-state index in [0.29, 0.717) is 11.5 Å². The first kappa shape index (κ1) is 14.9. The average Bonchev–Trinajstić information content (AvgIpc) is 2.73. The highest BCUT2D eigenvalue weighted by molar-refractivity contribution is 6.01. The lowest BCUT2D eigenvalue weighted by Gasteiger charge is -2.47. The van der Waals surface area contributed by atoms with Crippen molar-refractivity contribution in [2.24, 2.45) is 5.92 Å². The molecular formula is C13H19N2O5-. The summed E-state index contributed by atoms with van der Waals surface area (Å²) in [4.78, 5) is 40.0. The predicted octanol–water partition coefficient (Wildman–Crippen LogP) is 0.970. The van der Waals surface area contributed by atoms with E-state index in [9.17, 15) is 19.6 Å². The number of rotatable bonds is 2. The summed E-state index contributed by atoms with van der Waals surface area (Å²) in [5, 5.41) is 13.6. The van der Waals surface area contributed by atoms with Crippen molar-refractivity contribution in [2.75, 3.05) is 0 Å². The molecule has 0 N–H and O–H groups in total. The minimum absolute atomic E-state index is 0.0549. The summed E-state index contributed by atoms with van der Waals surface area (Å²) in [6, 6.07) is 0. The maximum Gasteiger partial charge on any atom is 0.338 e. The fourth-order valence-electron chi connectivity index (χ4n) is 2.94. The van der Waals surface area contributed by atoms with Crippen LogP contribution in [0.2, 0.25) is 0 Å². The van der Waals surface area contributed by atoms with E-state index >= 15 is 0 Å². The quantitative estimate of drug-likeness (QED) is 0.701. The standard InChI is InChI=1S/C13H19N2O5/c1-12(2)7-8(13(3,4)15(12)19)11(18)20-14-9(16)5-6-10(14)17/h8H,5-7H2,1-4H3/q-1. The van der Waals surface area contributed by atoms with Crippen LogP contribution < -0.4 is 0 Å². The highest BCUT2D eigenvalue weighted by atomic mass is 16.7. The van der Waals surface area contributed by atoms with Gasteiger partial charge in [0, 0.05) is 23.9 Å². The van der Waals surface area contributed by atoms with Gasteiger partial charge in [0.1, 0.15) is 0 Å². The Hall–Kier alpha value is -1.47. The minimum Gasteiger partial charge on any atom is -0.784 e. The molecule has 20 heavy (non-hydrogen) atoms. The normalized spacial score (nSPS) is 29.1. The van der Waals surface area contributed by atoms with Crippen molar-refractivity contribution >= 4 is 17.8 Å². The molecule has 0 aromatic heterocycles. The van der Waals surface area contributed by atoms with Crippen LogP contribution in [0.4, 0.5) is 0 Å². The molecule has 0 bridgehead atoms. The van der Waals surface area contributed by atoms with Crippen molar-refractivity contribution in [1.82, 2.24) is 10.1 Å². The Balaban J connectivity index is 2.14. The Labute approximate surface area is 117 Å². The molecule has 0 aliphatic carbocycles. The summed E-state index contributed by atoms with van der Waals surface area (Å²) in [6.07, 6.45) is 0.428. The maximum atomic E-state index is 12.2. The molecule has 0 spiro atoms. The Morgan fingerprint density at radius 2 is 1.70 bits per heavy atom. The van der Waals surface area contributed by atoms with Crippen molar-refractivity contribution in [2.45, 2.75) is 58.0 Å². The van der Waals surface area contributed by atoms with Gasteiger partial charge < -0.3 is 15.1 Å². The van der Waals surface area contributed by atoms with Gasteiger partial charge in [-0.05, 0) is 34.1 Å². The van der Waals surface area contributed by atoms with E-state index < -0.39 is 34.8 Å². The lowest BCUT2D eigenvalue weighted by Crippen LogP contribution is -2.47. The summed E-state index contributed by atoms with van der Waals surface area (Å²) in [5.41, 5.74) is -1.63. The van der Waals surface area contributed by atoms with E-state index in [1.807, 2.05) is 0 Å². The molecule has 2 aliphatic rings. The smallest absolute Gasteiger partial charge is 0.338 e. The Morgan fingerprint density at radius 3 is 2.10 bits per heavy atom. The lowest BCUT2D eigenvalue weighted by atomic mass is 9.87. The Bertz CT molecular complexity index is 455. The minimum atomic E-state index is -0.938. The highest BCUT2D eigenvalue weighted by Crippen LogP contribution is 2.44. The second-order valence-corrected chi connectivity index (χ2v) is 6.51. The first-order valence-electron chi connectivity index (χ1n) is 6.62. The summed E-state index contributed by atoms with van der Waals surface area (Å²) in [6.45, 7) is 6.82. The van der Waals surface area contributed by atoms with Gasteiger partial charge in [0.05, 0.1) is 5.92 Å². The monoisotopic (exact) mass is 283 g/mol. The van der Waals surface area contributed by atoms with Gasteiger partial charge in [-0.2, -0.15) is 0 Å². The SMILES string of the molecule is CC1(C)CC(C(=O)ON2C(=O)CCC2=O)C(C)(C)N1[O-]. The first-order valence-corrected chi connectivity index (χ1v) is 6.62. The fraction of sp³-hybridized carbons (Fsp3) is 0.769. The zero-order valence-electron chi connectivity index (χ0n) is 12.1. The Morgan fingerprint density at radius 1 is 1.20 bits per heavy atom. The van der Waals surface area contributed by atoms with E-state index in [4.69, 9.17) is 4.84 Å². The van der Waals surface area contributed by atoms with E-state index in [1.54, 1.807) is 27.7 Å². The molecule has 2 rings (SSSR count). The molecule has 7 heteroatoms. The molecule has 2 fully saturated rings. The number of imide groups is 1. The molecule has 0 aromatic carbocycles. The van der Waals surface area contributed by atoms with Crippen LogP contribution >= 0.6 is 0 Å². The zero-order valence-corrected chi connectivity index (χ0v) is 12.1. The zero-order chi connectivity index (χ0) is 15.3. The summed E-state index contributed by atoms with van der Waals surface area (Å²) < 4.78 is 0. The molecule has 7 nitrogen and oxygen atoms in total. The van der Waals surface area contributed by atoms with Crippen molar-refractivity contribution < 1.29 is 19.2 Å². The molecule has 112 valence electrons. The largest absolute Gasteiger partial charge is 0.784 e. The molecule has 1 atom stereocenters.